The topological polar surface area (TPSA) is 26.3 Å². The van der Waals surface area contributed by atoms with Gasteiger partial charge in [-0.15, -0.1) is 23.5 Å². The van der Waals surface area contributed by atoms with E-state index in [9.17, 15) is 4.79 Å². The molecule has 0 bridgehead atoms. The second-order valence-electron chi connectivity index (χ2n) is 5.34. The van der Waals surface area contributed by atoms with E-state index in [1.54, 1.807) is 0 Å². The summed E-state index contributed by atoms with van der Waals surface area (Å²) in [6.07, 6.45) is 1.37. The number of ether oxygens (including phenoxy) is 1. The van der Waals surface area contributed by atoms with Gasteiger partial charge in [0.05, 0.1) is 4.58 Å². The average molecular weight is 387 g/mol. The monoisotopic (exact) mass is 386 g/mol. The molecule has 0 aliphatic carbocycles. The Labute approximate surface area is 161 Å². The Bertz CT molecular complexity index is 782. The van der Waals surface area contributed by atoms with Crippen LogP contribution in [0.25, 0.3) is 0 Å². The van der Waals surface area contributed by atoms with E-state index >= 15 is 0 Å². The first-order valence-corrected chi connectivity index (χ1v) is 10.6. The van der Waals surface area contributed by atoms with Crippen LogP contribution in [0.2, 0.25) is 0 Å². The molecule has 3 rings (SSSR count). The summed E-state index contributed by atoms with van der Waals surface area (Å²) in [5.41, 5.74) is 1.25. The largest absolute Gasteiger partial charge is 0.457 e. The highest BCUT2D eigenvalue weighted by Gasteiger charge is 2.25. The number of rotatable bonds is 6. The molecule has 0 spiro atoms. The Kier molecular flexibility index (Phi) is 6.34. The summed E-state index contributed by atoms with van der Waals surface area (Å²) in [5, 5.41) is 0.0248. The zero-order chi connectivity index (χ0) is 17.6. The van der Waals surface area contributed by atoms with E-state index in [2.05, 4.69) is 25.6 Å². The van der Waals surface area contributed by atoms with Crippen LogP contribution >= 0.6 is 35.3 Å². The van der Waals surface area contributed by atoms with Crippen LogP contribution in [0, 0.1) is 0 Å². The van der Waals surface area contributed by atoms with Crippen molar-refractivity contribution in [2.45, 2.75) is 11.5 Å². The molecule has 1 aliphatic heterocycles. The molecule has 0 aromatic heterocycles. The summed E-state index contributed by atoms with van der Waals surface area (Å²) in [6, 6.07) is 18.0. The minimum atomic E-state index is 0.0248. The number of benzene rings is 2. The van der Waals surface area contributed by atoms with E-state index < -0.39 is 0 Å². The van der Waals surface area contributed by atoms with Crippen molar-refractivity contribution >= 4 is 40.4 Å². The Hall–Kier alpha value is -1.56. The highest BCUT2D eigenvalue weighted by Crippen LogP contribution is 2.55. The van der Waals surface area contributed by atoms with Gasteiger partial charge in [0, 0.05) is 10.7 Å². The maximum Gasteiger partial charge on any atom is 0.211 e. The summed E-state index contributed by atoms with van der Waals surface area (Å²) < 4.78 is 6.17. The second-order valence-corrected chi connectivity index (χ2v) is 9.14. The highest BCUT2D eigenvalue weighted by molar-refractivity contribution is 8.23. The van der Waals surface area contributed by atoms with Crippen LogP contribution < -0.4 is 4.74 Å². The first-order chi connectivity index (χ1) is 12.2. The van der Waals surface area contributed by atoms with Crippen LogP contribution in [-0.2, 0) is 4.79 Å². The number of hydrogen-bond acceptors (Lipinski definition) is 5. The highest BCUT2D eigenvalue weighted by atomic mass is 32.2. The van der Waals surface area contributed by atoms with Gasteiger partial charge in [0.1, 0.15) is 11.5 Å². The molecule has 0 radical (unpaired) electrons. The van der Waals surface area contributed by atoms with Gasteiger partial charge in [0.25, 0.3) is 0 Å². The maximum atomic E-state index is 11.4. The lowest BCUT2D eigenvalue weighted by Gasteiger charge is -2.11. The summed E-state index contributed by atoms with van der Waals surface area (Å²) >= 11 is 4.99. The third-order valence-electron chi connectivity index (χ3n) is 3.57. The molecule has 0 saturated carbocycles. The summed E-state index contributed by atoms with van der Waals surface area (Å²) in [5.74, 6) is 2.39. The molecule has 2 aromatic carbocycles. The van der Waals surface area contributed by atoms with Crippen molar-refractivity contribution in [2.24, 2.45) is 0 Å². The van der Waals surface area contributed by atoms with Gasteiger partial charge in [-0.05, 0) is 47.7 Å². The zero-order valence-electron chi connectivity index (χ0n) is 13.8. The van der Waals surface area contributed by atoms with E-state index in [1.165, 1.54) is 33.2 Å². The lowest BCUT2D eigenvalue weighted by Crippen LogP contribution is -1.90. The smallest absolute Gasteiger partial charge is 0.211 e. The molecule has 2 aromatic rings. The van der Waals surface area contributed by atoms with Crippen molar-refractivity contribution in [3.05, 3.63) is 82.6 Å². The van der Waals surface area contributed by atoms with Gasteiger partial charge in [-0.2, -0.15) is 0 Å². The molecule has 2 nitrogen and oxygen atoms in total. The maximum absolute atomic E-state index is 11.4. The Morgan fingerprint density at radius 3 is 2.48 bits per heavy atom. The fourth-order valence-electron chi connectivity index (χ4n) is 2.25. The van der Waals surface area contributed by atoms with E-state index in [-0.39, 0.29) is 5.12 Å². The van der Waals surface area contributed by atoms with Crippen LogP contribution in [0.3, 0.4) is 0 Å². The molecule has 1 aliphatic rings. The summed E-state index contributed by atoms with van der Waals surface area (Å²) in [4.78, 5) is 14.0. The predicted octanol–water partition coefficient (Wildman–Crippen LogP) is 6.63. The summed E-state index contributed by atoms with van der Waals surface area (Å²) in [7, 11) is 0. The van der Waals surface area contributed by atoms with Crippen molar-refractivity contribution in [2.75, 3.05) is 5.75 Å². The average Bonchev–Trinajstić information content (AvgIpc) is 3.02. The number of hydrogen-bond donors (Lipinski definition) is 0. The van der Waals surface area contributed by atoms with Crippen molar-refractivity contribution < 1.29 is 9.53 Å². The zero-order valence-corrected chi connectivity index (χ0v) is 16.3. The number of para-hydroxylation sites is 1. The number of carbonyl (C=O) groups excluding carboxylic acids is 1. The minimum Gasteiger partial charge on any atom is -0.457 e. The van der Waals surface area contributed by atoms with E-state index in [4.69, 9.17) is 4.74 Å². The molecular formula is C20H18O2S3. The Morgan fingerprint density at radius 2 is 1.80 bits per heavy atom. The van der Waals surface area contributed by atoms with Crippen LogP contribution in [0.4, 0.5) is 0 Å². The van der Waals surface area contributed by atoms with Crippen LogP contribution in [-0.4, -0.2) is 10.9 Å². The van der Waals surface area contributed by atoms with Gasteiger partial charge >= 0.3 is 0 Å². The van der Waals surface area contributed by atoms with E-state index in [0.717, 1.165) is 17.3 Å². The van der Waals surface area contributed by atoms with Gasteiger partial charge < -0.3 is 4.74 Å². The number of allylic oxidation sites excluding steroid dienone is 1. The molecule has 1 heterocycles. The van der Waals surface area contributed by atoms with Crippen molar-refractivity contribution in [3.8, 4) is 11.5 Å². The van der Waals surface area contributed by atoms with Crippen LogP contribution in [0.15, 0.2) is 77.1 Å². The second kappa shape index (κ2) is 8.70. The number of carbonyl (C=O) groups is 1. The van der Waals surface area contributed by atoms with E-state index in [0.29, 0.717) is 4.58 Å². The minimum absolute atomic E-state index is 0.0248. The molecule has 1 atom stereocenters. The number of thioether (sulfide) groups is 3. The lowest BCUT2D eigenvalue weighted by atomic mass is 10.2. The quantitative estimate of drug-likeness (QED) is 0.519. The molecule has 0 N–H and O–H groups in total. The van der Waals surface area contributed by atoms with Gasteiger partial charge in [-0.25, -0.2) is 0 Å². The van der Waals surface area contributed by atoms with E-state index in [1.807, 2.05) is 66.0 Å². The molecule has 1 unspecified atom stereocenters. The van der Waals surface area contributed by atoms with Crippen LogP contribution in [0.5, 0.6) is 11.5 Å². The molecule has 25 heavy (non-hydrogen) atoms. The predicted molar refractivity (Wildman–Crippen MR) is 111 cm³/mol. The van der Waals surface area contributed by atoms with Gasteiger partial charge in [-0.1, -0.05) is 48.7 Å². The fraction of sp³-hybridized carbons (Fsp3) is 0.150. The molecular weight excluding hydrogens is 368 g/mol. The molecule has 5 heteroatoms. The molecule has 128 valence electrons. The van der Waals surface area contributed by atoms with Gasteiger partial charge in [0.2, 0.25) is 5.12 Å². The van der Waals surface area contributed by atoms with Gasteiger partial charge in [0.15, 0.2) is 0 Å². The first kappa shape index (κ1) is 18.2. The third kappa shape index (κ3) is 4.97. The Morgan fingerprint density at radius 1 is 1.12 bits per heavy atom. The van der Waals surface area contributed by atoms with Crippen molar-refractivity contribution in [3.63, 3.8) is 0 Å². The van der Waals surface area contributed by atoms with Crippen molar-refractivity contribution in [1.82, 2.24) is 0 Å². The standard InChI is InChI=1S/C20H18O2S3/c1-3-19(21)23-13-18-14(2)24-20(25-18)15-9-11-17(12-10-15)22-16-7-5-4-6-8-16/h3-12,20H,1,13H2,2H3. The lowest BCUT2D eigenvalue weighted by molar-refractivity contribution is -0.107. The normalized spacial score (nSPS) is 16.8. The van der Waals surface area contributed by atoms with Crippen molar-refractivity contribution in [1.29, 1.82) is 0 Å². The fourth-order valence-corrected chi connectivity index (χ4v) is 6.19. The first-order valence-electron chi connectivity index (χ1n) is 7.81. The molecule has 0 fully saturated rings. The Balaban J connectivity index is 1.60. The SMILES string of the molecule is C=CC(=O)SCC1=C(C)SC(c2ccc(Oc3ccccc3)cc2)S1. The molecule has 0 saturated heterocycles. The van der Waals surface area contributed by atoms with Crippen LogP contribution in [0.1, 0.15) is 17.1 Å². The third-order valence-corrected chi connectivity index (χ3v) is 7.65. The molecule has 0 amide bonds. The van der Waals surface area contributed by atoms with Gasteiger partial charge in [-0.3, -0.25) is 4.79 Å². The summed E-state index contributed by atoms with van der Waals surface area (Å²) in [6.45, 7) is 5.64.